The van der Waals surface area contributed by atoms with E-state index in [1.54, 1.807) is 0 Å². The average molecular weight is 471 g/mol. The topological polar surface area (TPSA) is 68.9 Å². The summed E-state index contributed by atoms with van der Waals surface area (Å²) < 4.78 is 11.9. The quantitative estimate of drug-likeness (QED) is 0.400. The highest BCUT2D eigenvalue weighted by atomic mass is 127. The molecule has 4 rings (SSSR count). The van der Waals surface area contributed by atoms with Gasteiger partial charge in [-0.25, -0.2) is 4.99 Å². The van der Waals surface area contributed by atoms with Crippen LogP contribution in [0.3, 0.4) is 0 Å². The summed E-state index contributed by atoms with van der Waals surface area (Å²) in [6, 6.07) is 6.54. The number of ether oxygens (including phenoxy) is 2. The van der Waals surface area contributed by atoms with Gasteiger partial charge in [-0.05, 0) is 62.6 Å². The highest BCUT2D eigenvalue weighted by Gasteiger charge is 2.59. The Bertz CT molecular complexity index is 658. The first-order chi connectivity index (χ1) is 12.2. The number of rotatable bonds is 4. The second-order valence-electron chi connectivity index (χ2n) is 7.39. The molecular weight excluding hydrogens is 441 g/mol. The Morgan fingerprint density at radius 1 is 1.35 bits per heavy atom. The lowest BCUT2D eigenvalue weighted by Gasteiger charge is -2.50. The molecule has 2 fully saturated rings. The zero-order valence-electron chi connectivity index (χ0n) is 15.5. The van der Waals surface area contributed by atoms with E-state index in [1.165, 1.54) is 24.0 Å². The van der Waals surface area contributed by atoms with Crippen LogP contribution in [0, 0.1) is 0 Å². The molecule has 3 atom stereocenters. The molecule has 1 saturated heterocycles. The van der Waals surface area contributed by atoms with Crippen LogP contribution in [-0.2, 0) is 22.3 Å². The van der Waals surface area contributed by atoms with Crippen LogP contribution < -0.4 is 11.1 Å². The number of aliphatic imine (C=N–C) groups is 1. The van der Waals surface area contributed by atoms with E-state index >= 15 is 0 Å². The fourth-order valence-electron chi connectivity index (χ4n) is 4.66. The van der Waals surface area contributed by atoms with Crippen LogP contribution in [0.25, 0.3) is 0 Å². The molecule has 5 nitrogen and oxygen atoms in total. The largest absolute Gasteiger partial charge is 0.375 e. The maximum absolute atomic E-state index is 6.26. The van der Waals surface area contributed by atoms with Crippen LogP contribution in [0.2, 0.25) is 0 Å². The van der Waals surface area contributed by atoms with Crippen molar-refractivity contribution < 1.29 is 9.47 Å². The van der Waals surface area contributed by atoms with Crippen molar-refractivity contribution in [1.29, 1.82) is 0 Å². The van der Waals surface area contributed by atoms with Crippen LogP contribution in [0.1, 0.15) is 50.2 Å². The number of aryl methyl sites for hydroxylation is 1. The first-order valence-corrected chi connectivity index (χ1v) is 9.69. The Morgan fingerprint density at radius 2 is 2.19 bits per heavy atom. The van der Waals surface area contributed by atoms with Crippen molar-refractivity contribution in [3.05, 3.63) is 29.3 Å². The van der Waals surface area contributed by atoms with Gasteiger partial charge in [0.2, 0.25) is 0 Å². The smallest absolute Gasteiger partial charge is 0.193 e. The molecule has 26 heavy (non-hydrogen) atoms. The molecule has 0 aromatic heterocycles. The number of guanidine groups is 1. The normalized spacial score (nSPS) is 30.4. The van der Waals surface area contributed by atoms with Crippen LogP contribution >= 0.6 is 24.0 Å². The summed E-state index contributed by atoms with van der Waals surface area (Å²) >= 11 is 0. The molecule has 0 bridgehead atoms. The Balaban J connectivity index is 0.00000196. The molecule has 3 aliphatic rings. The van der Waals surface area contributed by atoms with E-state index in [4.69, 9.17) is 20.2 Å². The minimum absolute atomic E-state index is 0. The summed E-state index contributed by atoms with van der Waals surface area (Å²) in [5.74, 6) is 0.494. The minimum Gasteiger partial charge on any atom is -0.375 e. The van der Waals surface area contributed by atoms with Gasteiger partial charge in [-0.3, -0.25) is 0 Å². The second kappa shape index (κ2) is 8.44. The number of nitrogens with two attached hydrogens (primary N) is 1. The van der Waals surface area contributed by atoms with E-state index < -0.39 is 0 Å². The van der Waals surface area contributed by atoms with Gasteiger partial charge in [-0.2, -0.15) is 0 Å². The van der Waals surface area contributed by atoms with Gasteiger partial charge >= 0.3 is 0 Å². The monoisotopic (exact) mass is 471 g/mol. The predicted octanol–water partition coefficient (Wildman–Crippen LogP) is 3.64. The third kappa shape index (κ3) is 3.60. The molecule has 1 heterocycles. The summed E-state index contributed by atoms with van der Waals surface area (Å²) in [5, 5.41) is 3.35. The molecule has 2 aliphatic carbocycles. The number of anilines is 1. The van der Waals surface area contributed by atoms with Gasteiger partial charge in [-0.15, -0.1) is 24.0 Å². The van der Waals surface area contributed by atoms with E-state index in [-0.39, 0.29) is 41.7 Å². The lowest BCUT2D eigenvalue weighted by molar-refractivity contribution is -0.188. The number of nitrogens with zero attached hydrogens (tertiary/aromatic N) is 1. The maximum Gasteiger partial charge on any atom is 0.193 e. The summed E-state index contributed by atoms with van der Waals surface area (Å²) in [4.78, 5) is 4.77. The zero-order chi connectivity index (χ0) is 17.3. The first kappa shape index (κ1) is 19.9. The number of halogens is 1. The van der Waals surface area contributed by atoms with Crippen LogP contribution in [0.15, 0.2) is 23.2 Å². The van der Waals surface area contributed by atoms with Crippen LogP contribution in [0.5, 0.6) is 0 Å². The van der Waals surface area contributed by atoms with Gasteiger partial charge in [0.25, 0.3) is 0 Å². The lowest BCUT2D eigenvalue weighted by Crippen LogP contribution is -2.63. The Kier molecular flexibility index (Phi) is 6.45. The Morgan fingerprint density at radius 3 is 2.96 bits per heavy atom. The number of hydrogen-bond acceptors (Lipinski definition) is 3. The van der Waals surface area contributed by atoms with Crippen molar-refractivity contribution in [2.75, 3.05) is 18.5 Å². The van der Waals surface area contributed by atoms with Crippen LogP contribution in [0.4, 0.5) is 5.69 Å². The molecule has 0 amide bonds. The summed E-state index contributed by atoms with van der Waals surface area (Å²) in [7, 11) is 0. The average Bonchev–Trinajstić information content (AvgIpc) is 3.14. The number of hydrogen-bond donors (Lipinski definition) is 2. The first-order valence-electron chi connectivity index (χ1n) is 9.69. The minimum atomic E-state index is -0.252. The van der Waals surface area contributed by atoms with Crippen molar-refractivity contribution in [3.8, 4) is 0 Å². The molecule has 1 saturated carbocycles. The molecule has 144 valence electrons. The van der Waals surface area contributed by atoms with Gasteiger partial charge in [0.05, 0.1) is 12.1 Å². The van der Waals surface area contributed by atoms with Gasteiger partial charge in [-0.1, -0.05) is 12.1 Å². The van der Waals surface area contributed by atoms with Gasteiger partial charge in [0.15, 0.2) is 5.96 Å². The van der Waals surface area contributed by atoms with Crippen molar-refractivity contribution in [3.63, 3.8) is 0 Å². The van der Waals surface area contributed by atoms with Crippen molar-refractivity contribution in [2.24, 2.45) is 10.7 Å². The molecule has 1 aromatic carbocycles. The molecule has 6 heteroatoms. The second-order valence-corrected chi connectivity index (χ2v) is 7.39. The van der Waals surface area contributed by atoms with Crippen molar-refractivity contribution >= 4 is 35.6 Å². The van der Waals surface area contributed by atoms with Gasteiger partial charge < -0.3 is 20.5 Å². The molecule has 3 unspecified atom stereocenters. The Labute approximate surface area is 173 Å². The summed E-state index contributed by atoms with van der Waals surface area (Å²) in [6.45, 7) is 3.55. The molecule has 1 spiro atoms. The fourth-order valence-corrected chi connectivity index (χ4v) is 4.66. The van der Waals surface area contributed by atoms with Crippen LogP contribution in [-0.4, -0.2) is 36.9 Å². The highest BCUT2D eigenvalue weighted by Crippen LogP contribution is 2.47. The number of fused-ring (bicyclic) bond motifs is 1. The van der Waals surface area contributed by atoms with E-state index in [0.29, 0.717) is 5.96 Å². The number of nitrogens with one attached hydrogen (secondary N) is 1. The molecule has 3 N–H and O–H groups in total. The lowest BCUT2D eigenvalue weighted by atomic mass is 9.70. The van der Waals surface area contributed by atoms with Gasteiger partial charge in [0, 0.05) is 25.3 Å². The molecular formula is C20H30IN3O2. The predicted molar refractivity (Wildman–Crippen MR) is 115 cm³/mol. The molecule has 1 aromatic rings. The number of benzene rings is 1. The van der Waals surface area contributed by atoms with E-state index in [0.717, 1.165) is 51.0 Å². The third-order valence-corrected chi connectivity index (χ3v) is 5.95. The van der Waals surface area contributed by atoms with Crippen molar-refractivity contribution in [2.45, 2.75) is 69.6 Å². The molecule has 1 aliphatic heterocycles. The zero-order valence-corrected chi connectivity index (χ0v) is 17.8. The van der Waals surface area contributed by atoms with E-state index in [2.05, 4.69) is 23.5 Å². The standard InChI is InChI=1S/C20H29N3O2.HI/c1-2-24-18-13-17(20(18)11-6-12-25-20)23-19(21)22-16-10-5-8-14-7-3-4-9-15(14)16;/h5,8,10,17-18H,2-4,6-7,9,11-13H2,1H3,(H3,21,22,23);1H. The summed E-state index contributed by atoms with van der Waals surface area (Å²) in [5.41, 5.74) is 9.97. The fraction of sp³-hybridized carbons (Fsp3) is 0.650. The SMILES string of the molecule is CCOC1CC(N=C(N)Nc2cccc3c2CCCC3)C12CCCO2.I. The molecule has 0 radical (unpaired) electrons. The van der Waals surface area contributed by atoms with Crippen molar-refractivity contribution in [1.82, 2.24) is 0 Å². The summed E-state index contributed by atoms with van der Waals surface area (Å²) in [6.07, 6.45) is 7.95. The van der Waals surface area contributed by atoms with E-state index in [9.17, 15) is 0 Å². The highest BCUT2D eigenvalue weighted by molar-refractivity contribution is 14.0. The Hall–Kier alpha value is -0.860. The van der Waals surface area contributed by atoms with E-state index in [1.807, 2.05) is 6.92 Å². The third-order valence-electron chi connectivity index (χ3n) is 5.95. The van der Waals surface area contributed by atoms with Gasteiger partial charge in [0.1, 0.15) is 5.60 Å². The maximum atomic E-state index is 6.26.